The molecule has 3 nitrogen and oxygen atoms in total. The highest BCUT2D eigenvalue weighted by molar-refractivity contribution is 6.31. The fraction of sp³-hybridized carbons (Fsp3) is 0.188. The van der Waals surface area contributed by atoms with Crippen LogP contribution in [0.3, 0.4) is 0 Å². The highest BCUT2D eigenvalue weighted by Gasteiger charge is 2.09. The summed E-state index contributed by atoms with van der Waals surface area (Å²) in [5.41, 5.74) is 1.73. The van der Waals surface area contributed by atoms with E-state index >= 15 is 0 Å². The second-order valence-electron chi connectivity index (χ2n) is 4.46. The van der Waals surface area contributed by atoms with Crippen molar-refractivity contribution >= 4 is 33.4 Å². The summed E-state index contributed by atoms with van der Waals surface area (Å²) in [6.45, 7) is 2.54. The van der Waals surface area contributed by atoms with Gasteiger partial charge in [-0.1, -0.05) is 11.6 Å². The Bertz CT molecular complexity index is 786. The molecule has 3 rings (SSSR count). The zero-order valence-electron chi connectivity index (χ0n) is 11.3. The summed E-state index contributed by atoms with van der Waals surface area (Å²) in [6.07, 6.45) is 0. The standard InChI is InChI=1S/C16H14ClNO2/c1-3-20-15-9-13(19-2)8-11-6-10-7-12(17)4-5-14(10)18-16(11)15/h4-9H,3H2,1-2H3. The lowest BCUT2D eigenvalue weighted by Crippen LogP contribution is -1.95. The first-order valence-electron chi connectivity index (χ1n) is 6.42. The maximum Gasteiger partial charge on any atom is 0.149 e. The van der Waals surface area contributed by atoms with Crippen molar-refractivity contribution in [2.45, 2.75) is 6.92 Å². The van der Waals surface area contributed by atoms with Crippen molar-refractivity contribution in [3.05, 3.63) is 41.4 Å². The highest BCUT2D eigenvalue weighted by Crippen LogP contribution is 2.32. The van der Waals surface area contributed by atoms with Crippen LogP contribution in [-0.4, -0.2) is 18.7 Å². The van der Waals surface area contributed by atoms with E-state index in [1.807, 2.05) is 37.3 Å². The van der Waals surface area contributed by atoms with Crippen LogP contribution in [0.5, 0.6) is 11.5 Å². The number of hydrogen-bond acceptors (Lipinski definition) is 3. The zero-order valence-corrected chi connectivity index (χ0v) is 12.1. The Morgan fingerprint density at radius 1 is 1.10 bits per heavy atom. The van der Waals surface area contributed by atoms with Gasteiger partial charge in [-0.25, -0.2) is 4.98 Å². The van der Waals surface area contributed by atoms with Gasteiger partial charge in [0.1, 0.15) is 17.0 Å². The molecule has 20 heavy (non-hydrogen) atoms. The molecule has 0 amide bonds. The first-order chi connectivity index (χ1) is 9.71. The average molecular weight is 288 g/mol. The molecule has 0 bridgehead atoms. The van der Waals surface area contributed by atoms with E-state index in [0.29, 0.717) is 11.6 Å². The van der Waals surface area contributed by atoms with Crippen molar-refractivity contribution in [1.29, 1.82) is 0 Å². The zero-order chi connectivity index (χ0) is 14.1. The highest BCUT2D eigenvalue weighted by atomic mass is 35.5. The van der Waals surface area contributed by atoms with Crippen LogP contribution in [0, 0.1) is 0 Å². The van der Waals surface area contributed by atoms with E-state index in [9.17, 15) is 0 Å². The van der Waals surface area contributed by atoms with Gasteiger partial charge in [0.05, 0.1) is 19.2 Å². The Kier molecular flexibility index (Phi) is 3.36. The van der Waals surface area contributed by atoms with Crippen LogP contribution in [0.2, 0.25) is 5.02 Å². The molecule has 0 aliphatic carbocycles. The molecule has 1 heterocycles. The number of pyridine rings is 1. The van der Waals surface area contributed by atoms with Gasteiger partial charge in [0.25, 0.3) is 0 Å². The van der Waals surface area contributed by atoms with E-state index in [1.54, 1.807) is 7.11 Å². The van der Waals surface area contributed by atoms with Gasteiger partial charge in [0.2, 0.25) is 0 Å². The number of methoxy groups -OCH3 is 1. The largest absolute Gasteiger partial charge is 0.497 e. The van der Waals surface area contributed by atoms with Crippen LogP contribution in [0.15, 0.2) is 36.4 Å². The summed E-state index contributed by atoms with van der Waals surface area (Å²) < 4.78 is 11.0. The molecule has 2 aromatic carbocycles. The lowest BCUT2D eigenvalue weighted by molar-refractivity contribution is 0.340. The minimum atomic E-state index is 0.586. The molecule has 0 saturated heterocycles. The number of benzene rings is 2. The molecule has 4 heteroatoms. The van der Waals surface area contributed by atoms with Crippen LogP contribution in [-0.2, 0) is 0 Å². The van der Waals surface area contributed by atoms with E-state index in [2.05, 4.69) is 11.1 Å². The molecule has 0 atom stereocenters. The van der Waals surface area contributed by atoms with E-state index < -0.39 is 0 Å². The number of ether oxygens (including phenoxy) is 2. The first-order valence-corrected chi connectivity index (χ1v) is 6.80. The summed E-state index contributed by atoms with van der Waals surface area (Å²) in [5, 5.41) is 2.68. The van der Waals surface area contributed by atoms with Crippen LogP contribution in [0.25, 0.3) is 21.8 Å². The third-order valence-corrected chi connectivity index (χ3v) is 3.38. The topological polar surface area (TPSA) is 31.4 Å². The summed E-state index contributed by atoms with van der Waals surface area (Å²) in [4.78, 5) is 4.67. The predicted molar refractivity (Wildman–Crippen MR) is 82.0 cm³/mol. The van der Waals surface area contributed by atoms with Gasteiger partial charge >= 0.3 is 0 Å². The molecule has 0 aliphatic rings. The maximum absolute atomic E-state index is 6.03. The second-order valence-corrected chi connectivity index (χ2v) is 4.89. The monoisotopic (exact) mass is 287 g/mol. The first kappa shape index (κ1) is 13.0. The SMILES string of the molecule is CCOc1cc(OC)cc2cc3cc(Cl)ccc3nc12. The summed E-state index contributed by atoms with van der Waals surface area (Å²) in [6, 6.07) is 11.5. The molecule has 0 fully saturated rings. The van der Waals surface area contributed by atoms with Crippen molar-refractivity contribution in [1.82, 2.24) is 4.98 Å². The number of fused-ring (bicyclic) bond motifs is 2. The van der Waals surface area contributed by atoms with E-state index in [4.69, 9.17) is 21.1 Å². The Labute approximate surface area is 122 Å². The summed E-state index contributed by atoms with van der Waals surface area (Å²) in [7, 11) is 1.64. The minimum absolute atomic E-state index is 0.586. The van der Waals surface area contributed by atoms with Crippen molar-refractivity contribution in [2.75, 3.05) is 13.7 Å². The van der Waals surface area contributed by atoms with E-state index in [0.717, 1.165) is 33.3 Å². The number of aromatic nitrogens is 1. The van der Waals surface area contributed by atoms with Crippen LogP contribution in [0.1, 0.15) is 6.92 Å². The lowest BCUT2D eigenvalue weighted by Gasteiger charge is -2.10. The smallest absolute Gasteiger partial charge is 0.149 e. The molecule has 0 aliphatic heterocycles. The van der Waals surface area contributed by atoms with Crippen LogP contribution >= 0.6 is 11.6 Å². The molecule has 102 valence electrons. The number of rotatable bonds is 3. The number of halogens is 1. The Morgan fingerprint density at radius 3 is 2.70 bits per heavy atom. The van der Waals surface area contributed by atoms with Crippen molar-refractivity contribution < 1.29 is 9.47 Å². The van der Waals surface area contributed by atoms with Gasteiger partial charge in [-0.3, -0.25) is 0 Å². The van der Waals surface area contributed by atoms with Crippen LogP contribution < -0.4 is 9.47 Å². The fourth-order valence-electron chi connectivity index (χ4n) is 2.25. The Hall–Kier alpha value is -2.00. The van der Waals surface area contributed by atoms with Gasteiger partial charge in [-0.05, 0) is 37.3 Å². The minimum Gasteiger partial charge on any atom is -0.497 e. The van der Waals surface area contributed by atoms with Gasteiger partial charge < -0.3 is 9.47 Å². The molecule has 1 aromatic heterocycles. The third-order valence-electron chi connectivity index (χ3n) is 3.15. The van der Waals surface area contributed by atoms with Crippen LogP contribution in [0.4, 0.5) is 0 Å². The molecule has 3 aromatic rings. The second kappa shape index (κ2) is 5.17. The van der Waals surface area contributed by atoms with Gasteiger partial charge in [-0.2, -0.15) is 0 Å². The molecule has 0 N–H and O–H groups in total. The molecule has 0 spiro atoms. The predicted octanol–water partition coefficient (Wildman–Crippen LogP) is 4.45. The summed E-state index contributed by atoms with van der Waals surface area (Å²) >= 11 is 6.03. The normalized spacial score (nSPS) is 10.9. The number of nitrogens with zero attached hydrogens (tertiary/aromatic N) is 1. The quantitative estimate of drug-likeness (QED) is 0.667. The molecule has 0 saturated carbocycles. The van der Waals surface area contributed by atoms with E-state index in [-0.39, 0.29) is 0 Å². The molecule has 0 unspecified atom stereocenters. The molecule has 0 radical (unpaired) electrons. The third kappa shape index (κ3) is 2.25. The fourth-order valence-corrected chi connectivity index (χ4v) is 2.43. The van der Waals surface area contributed by atoms with Crippen molar-refractivity contribution in [3.63, 3.8) is 0 Å². The van der Waals surface area contributed by atoms with Gasteiger partial charge in [-0.15, -0.1) is 0 Å². The Balaban J connectivity index is 2.34. The lowest BCUT2D eigenvalue weighted by atomic mass is 10.1. The molecular formula is C16H14ClNO2. The van der Waals surface area contributed by atoms with Crippen molar-refractivity contribution in [2.24, 2.45) is 0 Å². The van der Waals surface area contributed by atoms with E-state index in [1.165, 1.54) is 0 Å². The maximum atomic E-state index is 6.03. The Morgan fingerprint density at radius 2 is 1.95 bits per heavy atom. The number of hydrogen-bond donors (Lipinski definition) is 0. The average Bonchev–Trinajstić information content (AvgIpc) is 2.45. The summed E-state index contributed by atoms with van der Waals surface area (Å²) in [5.74, 6) is 1.49. The van der Waals surface area contributed by atoms with Gasteiger partial charge in [0, 0.05) is 21.9 Å². The van der Waals surface area contributed by atoms with Crippen molar-refractivity contribution in [3.8, 4) is 11.5 Å². The molecular weight excluding hydrogens is 274 g/mol. The van der Waals surface area contributed by atoms with Gasteiger partial charge in [0.15, 0.2) is 0 Å².